The minimum absolute atomic E-state index is 0. The van der Waals surface area contributed by atoms with Crippen molar-refractivity contribution in [2.75, 3.05) is 39.3 Å². The molecule has 2 rings (SSSR count). The molecule has 0 spiro atoms. The monoisotopic (exact) mass is 566 g/mol. The van der Waals surface area contributed by atoms with Gasteiger partial charge in [0.05, 0.1) is 19.2 Å². The van der Waals surface area contributed by atoms with Gasteiger partial charge in [-0.25, -0.2) is 0 Å². The molecule has 1 saturated heterocycles. The Kier molecular flexibility index (Phi) is 11.8. The van der Waals surface area contributed by atoms with Crippen LogP contribution >= 0.6 is 24.0 Å². The molecule has 0 bridgehead atoms. The van der Waals surface area contributed by atoms with Crippen LogP contribution in [0.15, 0.2) is 29.3 Å². The molecule has 0 aromatic heterocycles. The maximum atomic E-state index is 12.5. The molecule has 1 aliphatic rings. The van der Waals surface area contributed by atoms with E-state index >= 15 is 0 Å². The van der Waals surface area contributed by atoms with Gasteiger partial charge < -0.3 is 20.5 Å². The molecule has 178 valence electrons. The molecule has 31 heavy (non-hydrogen) atoms. The number of halogens is 6. The van der Waals surface area contributed by atoms with E-state index in [4.69, 9.17) is 0 Å². The van der Waals surface area contributed by atoms with Crippen LogP contribution in [-0.4, -0.2) is 68.0 Å². The van der Waals surface area contributed by atoms with Crippen molar-refractivity contribution in [2.45, 2.75) is 32.2 Å². The van der Waals surface area contributed by atoms with Crippen LogP contribution in [0.2, 0.25) is 0 Å². The van der Waals surface area contributed by atoms with Crippen LogP contribution in [0.3, 0.4) is 0 Å². The van der Waals surface area contributed by atoms with Crippen LogP contribution < -0.4 is 15.4 Å². The van der Waals surface area contributed by atoms with Gasteiger partial charge in [0.2, 0.25) is 0 Å². The van der Waals surface area contributed by atoms with Crippen LogP contribution in [0, 0.1) is 5.92 Å². The first-order valence-electron chi connectivity index (χ1n) is 9.70. The summed E-state index contributed by atoms with van der Waals surface area (Å²) >= 11 is 0. The summed E-state index contributed by atoms with van der Waals surface area (Å²) in [5, 5.41) is 16.4. The second kappa shape index (κ2) is 13.2. The van der Waals surface area contributed by atoms with Gasteiger partial charge in [-0.15, -0.1) is 24.0 Å². The molecule has 0 saturated carbocycles. The molecule has 0 aliphatic carbocycles. The molecule has 12 heteroatoms. The number of nitrogens with one attached hydrogen (secondary N) is 2. The van der Waals surface area contributed by atoms with E-state index in [-0.39, 0.29) is 42.2 Å². The number of aliphatic hydroxyl groups excluding tert-OH is 1. The molecule has 6 nitrogen and oxygen atoms in total. The first kappa shape index (κ1) is 27.6. The zero-order valence-electron chi connectivity index (χ0n) is 17.0. The standard InChI is InChI=1S/C19H27F5N4O2.HI/c1-2-25-18(26-9-13-7-8-28(11-13)12-19(22,23)24)27-10-16(29)14-3-5-15(6-4-14)30-17(20)21;/h3-6,13,16-17,29H,2,7-12H2,1H3,(H2,25,26,27);1H. The summed E-state index contributed by atoms with van der Waals surface area (Å²) in [5.74, 6) is 0.516. The Hall–Kier alpha value is -1.41. The third-order valence-corrected chi connectivity index (χ3v) is 4.59. The number of ether oxygens (including phenoxy) is 1. The number of rotatable bonds is 9. The fraction of sp³-hybridized carbons (Fsp3) is 0.632. The Bertz CT molecular complexity index is 676. The van der Waals surface area contributed by atoms with Crippen molar-refractivity contribution in [1.29, 1.82) is 0 Å². The van der Waals surface area contributed by atoms with Crippen molar-refractivity contribution < 1.29 is 31.8 Å². The number of alkyl halides is 5. The smallest absolute Gasteiger partial charge is 0.401 e. The van der Waals surface area contributed by atoms with Crippen molar-refractivity contribution in [2.24, 2.45) is 10.9 Å². The van der Waals surface area contributed by atoms with Gasteiger partial charge in [0, 0.05) is 19.6 Å². The van der Waals surface area contributed by atoms with E-state index in [2.05, 4.69) is 20.4 Å². The number of guanidine groups is 1. The second-order valence-electron chi connectivity index (χ2n) is 7.07. The van der Waals surface area contributed by atoms with Crippen molar-refractivity contribution in [3.8, 4) is 5.75 Å². The van der Waals surface area contributed by atoms with E-state index in [0.29, 0.717) is 44.1 Å². The molecule has 1 aromatic carbocycles. The quantitative estimate of drug-likeness (QED) is 0.185. The van der Waals surface area contributed by atoms with Gasteiger partial charge >= 0.3 is 12.8 Å². The molecule has 3 N–H and O–H groups in total. The number of likely N-dealkylation sites (tertiary alicyclic amines) is 1. The summed E-state index contributed by atoms with van der Waals surface area (Å²) in [6, 6.07) is 5.63. The maximum Gasteiger partial charge on any atom is 0.401 e. The summed E-state index contributed by atoms with van der Waals surface area (Å²) in [6.45, 7) is -0.108. The van der Waals surface area contributed by atoms with Gasteiger partial charge in [-0.3, -0.25) is 9.89 Å². The lowest BCUT2D eigenvalue weighted by Crippen LogP contribution is -2.41. The molecule has 1 aromatic rings. The lowest BCUT2D eigenvalue weighted by molar-refractivity contribution is -0.143. The summed E-state index contributed by atoms with van der Waals surface area (Å²) in [5.41, 5.74) is 0.495. The Labute approximate surface area is 195 Å². The highest BCUT2D eigenvalue weighted by molar-refractivity contribution is 14.0. The largest absolute Gasteiger partial charge is 0.435 e. The first-order valence-corrected chi connectivity index (χ1v) is 9.70. The van der Waals surface area contributed by atoms with Gasteiger partial charge in [-0.2, -0.15) is 22.0 Å². The highest BCUT2D eigenvalue weighted by atomic mass is 127. The number of aliphatic imine (C=N–C) groups is 1. The van der Waals surface area contributed by atoms with Gasteiger partial charge in [0.15, 0.2) is 5.96 Å². The molecule has 1 aliphatic heterocycles. The number of benzene rings is 1. The van der Waals surface area contributed by atoms with Gasteiger partial charge in [0.1, 0.15) is 5.75 Å². The molecular weight excluding hydrogens is 538 g/mol. The summed E-state index contributed by atoms with van der Waals surface area (Å²) in [7, 11) is 0. The molecule has 0 amide bonds. The van der Waals surface area contributed by atoms with Crippen LogP contribution in [0.4, 0.5) is 22.0 Å². The van der Waals surface area contributed by atoms with Crippen LogP contribution in [0.25, 0.3) is 0 Å². The molecule has 2 unspecified atom stereocenters. The van der Waals surface area contributed by atoms with E-state index in [9.17, 15) is 27.1 Å². The van der Waals surface area contributed by atoms with Crippen LogP contribution in [-0.2, 0) is 0 Å². The zero-order valence-corrected chi connectivity index (χ0v) is 19.4. The Morgan fingerprint density at radius 3 is 2.52 bits per heavy atom. The SMILES string of the molecule is CCNC(=NCC(O)c1ccc(OC(F)F)cc1)NCC1CCN(CC(F)(F)F)C1.I. The van der Waals surface area contributed by atoms with Crippen molar-refractivity contribution >= 4 is 29.9 Å². The average Bonchev–Trinajstić information content (AvgIpc) is 3.09. The highest BCUT2D eigenvalue weighted by Gasteiger charge is 2.34. The summed E-state index contributed by atoms with van der Waals surface area (Å²) in [6.07, 6.45) is -4.48. The van der Waals surface area contributed by atoms with Crippen molar-refractivity contribution in [3.05, 3.63) is 29.8 Å². The third kappa shape index (κ3) is 10.6. The van der Waals surface area contributed by atoms with Crippen molar-refractivity contribution in [1.82, 2.24) is 15.5 Å². The lowest BCUT2D eigenvalue weighted by Gasteiger charge is -2.19. The van der Waals surface area contributed by atoms with Crippen LogP contribution in [0.5, 0.6) is 5.75 Å². The minimum atomic E-state index is -4.20. The fourth-order valence-corrected chi connectivity index (χ4v) is 3.21. The molecule has 2 atom stereocenters. The normalized spacial score (nSPS) is 18.6. The van der Waals surface area contributed by atoms with Crippen molar-refractivity contribution in [3.63, 3.8) is 0 Å². The summed E-state index contributed by atoms with van der Waals surface area (Å²) < 4.78 is 66.1. The van der Waals surface area contributed by atoms with E-state index in [1.54, 1.807) is 0 Å². The van der Waals surface area contributed by atoms with E-state index in [0.717, 1.165) is 0 Å². The number of hydrogen-bond acceptors (Lipinski definition) is 4. The topological polar surface area (TPSA) is 69.1 Å². The highest BCUT2D eigenvalue weighted by Crippen LogP contribution is 2.22. The van der Waals surface area contributed by atoms with E-state index < -0.39 is 25.4 Å². The van der Waals surface area contributed by atoms with Gasteiger partial charge in [-0.05, 0) is 43.5 Å². The van der Waals surface area contributed by atoms with Gasteiger partial charge in [-0.1, -0.05) is 12.1 Å². The Balaban J connectivity index is 0.00000480. The Morgan fingerprint density at radius 2 is 1.94 bits per heavy atom. The minimum Gasteiger partial charge on any atom is -0.435 e. The number of aliphatic hydroxyl groups is 1. The summed E-state index contributed by atoms with van der Waals surface area (Å²) in [4.78, 5) is 5.69. The zero-order chi connectivity index (χ0) is 22.1. The molecule has 1 fully saturated rings. The predicted octanol–water partition coefficient (Wildman–Crippen LogP) is 3.38. The molecule has 1 heterocycles. The maximum absolute atomic E-state index is 12.5. The van der Waals surface area contributed by atoms with Crippen LogP contribution in [0.1, 0.15) is 25.0 Å². The number of nitrogens with zero attached hydrogens (tertiary/aromatic N) is 2. The Morgan fingerprint density at radius 1 is 1.26 bits per heavy atom. The molecule has 0 radical (unpaired) electrons. The number of hydrogen-bond donors (Lipinski definition) is 3. The average molecular weight is 566 g/mol. The van der Waals surface area contributed by atoms with Gasteiger partial charge in [0.25, 0.3) is 0 Å². The fourth-order valence-electron chi connectivity index (χ4n) is 3.21. The second-order valence-corrected chi connectivity index (χ2v) is 7.07. The first-order chi connectivity index (χ1) is 14.2. The molecular formula is C19H28F5IN4O2. The predicted molar refractivity (Wildman–Crippen MR) is 118 cm³/mol. The van der Waals surface area contributed by atoms with E-state index in [1.807, 2.05) is 6.92 Å². The van der Waals surface area contributed by atoms with E-state index in [1.165, 1.54) is 29.2 Å². The third-order valence-electron chi connectivity index (χ3n) is 4.59. The lowest BCUT2D eigenvalue weighted by atomic mass is 10.1.